The van der Waals surface area contributed by atoms with Crippen molar-refractivity contribution < 1.29 is 27.4 Å². The van der Waals surface area contributed by atoms with Gasteiger partial charge < -0.3 is 9.84 Å². The Morgan fingerprint density at radius 3 is 2.47 bits per heavy atom. The number of rotatable bonds is 7. The maximum atomic E-state index is 14.1. The maximum Gasteiger partial charge on any atom is 0.338 e. The minimum atomic E-state index is -4.17. The van der Waals surface area contributed by atoms with Crippen LogP contribution in [-0.4, -0.2) is 31.6 Å². The van der Waals surface area contributed by atoms with Crippen molar-refractivity contribution in [3.8, 4) is 26.8 Å². The number of carboxylic acid groups (broad SMARTS) is 1. The fourth-order valence-electron chi connectivity index (χ4n) is 2.90. The van der Waals surface area contributed by atoms with Crippen LogP contribution in [-0.2, 0) is 10.0 Å². The average Bonchev–Trinajstić information content (AvgIpc) is 3.46. The highest BCUT2D eigenvalue weighted by Crippen LogP contribution is 2.33. The van der Waals surface area contributed by atoms with E-state index in [9.17, 15) is 17.6 Å². The second-order valence-electron chi connectivity index (χ2n) is 6.49. The van der Waals surface area contributed by atoms with Crippen LogP contribution in [0.5, 0.6) is 5.75 Å². The highest BCUT2D eigenvalue weighted by Gasteiger charge is 2.23. The van der Waals surface area contributed by atoms with Crippen LogP contribution in [0.1, 0.15) is 10.4 Å². The molecule has 32 heavy (non-hydrogen) atoms. The number of aromatic carboxylic acids is 1. The molecule has 11 heteroatoms. The molecule has 0 amide bonds. The first-order valence-corrected chi connectivity index (χ1v) is 12.3. The summed E-state index contributed by atoms with van der Waals surface area (Å²) >= 11 is 2.77. The van der Waals surface area contributed by atoms with Crippen molar-refractivity contribution in [1.82, 2.24) is 4.98 Å². The number of sulfonamides is 1. The summed E-state index contributed by atoms with van der Waals surface area (Å²) in [6, 6.07) is 13.3. The zero-order valence-corrected chi connectivity index (χ0v) is 18.9. The standard InChI is InChI=1S/C21H15FN2O5S3/c1-29-17-9-14(21(25)26)15(22)10-16(17)24-32(27,28)19-11-31-20(23-19)13-6-4-12(5-7-13)18-3-2-8-30-18/h2-11,24H,1H3,(H,25,26). The molecule has 0 fully saturated rings. The summed E-state index contributed by atoms with van der Waals surface area (Å²) in [7, 11) is -2.95. The first-order valence-electron chi connectivity index (χ1n) is 9.02. The first kappa shape index (κ1) is 21.9. The Labute approximate surface area is 190 Å². The van der Waals surface area contributed by atoms with Gasteiger partial charge >= 0.3 is 5.97 Å². The molecule has 164 valence electrons. The van der Waals surface area contributed by atoms with Crippen LogP contribution < -0.4 is 9.46 Å². The number of carbonyl (C=O) groups is 1. The molecule has 0 unspecified atom stereocenters. The van der Waals surface area contributed by atoms with E-state index in [-0.39, 0.29) is 16.5 Å². The third-order valence-electron chi connectivity index (χ3n) is 4.46. The minimum absolute atomic E-state index is 0.132. The number of hydrogen-bond donors (Lipinski definition) is 2. The largest absolute Gasteiger partial charge is 0.495 e. The van der Waals surface area contributed by atoms with E-state index < -0.39 is 27.4 Å². The normalized spacial score (nSPS) is 11.3. The third-order valence-corrected chi connectivity index (χ3v) is 7.67. The summed E-state index contributed by atoms with van der Waals surface area (Å²) in [6.07, 6.45) is 0. The Kier molecular flexibility index (Phi) is 5.96. The maximum absolute atomic E-state index is 14.1. The van der Waals surface area contributed by atoms with E-state index in [0.717, 1.165) is 39.5 Å². The Morgan fingerprint density at radius 1 is 1.12 bits per heavy atom. The molecule has 4 rings (SSSR count). The molecule has 0 aliphatic carbocycles. The SMILES string of the molecule is COc1cc(C(=O)O)c(F)cc1NS(=O)(=O)c1csc(-c2ccc(-c3cccs3)cc2)n1. The summed E-state index contributed by atoms with van der Waals surface area (Å²) in [5.41, 5.74) is 0.941. The number of ether oxygens (including phenoxy) is 1. The Hall–Kier alpha value is -3.28. The number of aromatic nitrogens is 1. The lowest BCUT2D eigenvalue weighted by molar-refractivity contribution is 0.0691. The van der Waals surface area contributed by atoms with Gasteiger partial charge in [-0.15, -0.1) is 22.7 Å². The molecular weight excluding hydrogens is 475 g/mol. The second kappa shape index (κ2) is 8.69. The first-order chi connectivity index (χ1) is 15.3. The summed E-state index contributed by atoms with van der Waals surface area (Å²) in [5, 5.41) is 12.6. The van der Waals surface area contributed by atoms with Crippen molar-refractivity contribution in [2.24, 2.45) is 0 Å². The molecule has 0 aliphatic rings. The molecule has 0 atom stereocenters. The molecule has 0 bridgehead atoms. The number of benzene rings is 2. The quantitative estimate of drug-likeness (QED) is 0.370. The fourth-order valence-corrected chi connectivity index (χ4v) is 5.79. The van der Waals surface area contributed by atoms with Gasteiger partial charge in [-0.3, -0.25) is 4.72 Å². The van der Waals surface area contributed by atoms with Gasteiger partial charge in [0.15, 0.2) is 5.03 Å². The van der Waals surface area contributed by atoms with Crippen LogP contribution >= 0.6 is 22.7 Å². The summed E-state index contributed by atoms with van der Waals surface area (Å²) in [5.74, 6) is -2.72. The molecule has 0 radical (unpaired) electrons. The van der Waals surface area contributed by atoms with Crippen LogP contribution in [0.4, 0.5) is 10.1 Å². The number of hydrogen-bond acceptors (Lipinski definition) is 7. The van der Waals surface area contributed by atoms with Gasteiger partial charge in [0, 0.05) is 21.9 Å². The van der Waals surface area contributed by atoms with Gasteiger partial charge in [-0.05, 0) is 23.1 Å². The van der Waals surface area contributed by atoms with E-state index in [0.29, 0.717) is 5.01 Å². The predicted molar refractivity (Wildman–Crippen MR) is 122 cm³/mol. The predicted octanol–water partition coefficient (Wildman–Crippen LogP) is 5.19. The Morgan fingerprint density at radius 2 is 1.84 bits per heavy atom. The van der Waals surface area contributed by atoms with Crippen molar-refractivity contribution in [2.75, 3.05) is 11.8 Å². The highest BCUT2D eigenvalue weighted by molar-refractivity contribution is 7.92. The van der Waals surface area contributed by atoms with Crippen LogP contribution in [0.3, 0.4) is 0 Å². The number of nitrogens with zero attached hydrogens (tertiary/aromatic N) is 1. The van der Waals surface area contributed by atoms with E-state index in [4.69, 9.17) is 9.84 Å². The number of thiazole rings is 1. The number of methoxy groups -OCH3 is 1. The van der Waals surface area contributed by atoms with Gasteiger partial charge in [-0.25, -0.2) is 14.2 Å². The lowest BCUT2D eigenvalue weighted by Gasteiger charge is -2.12. The van der Waals surface area contributed by atoms with E-state index in [1.54, 1.807) is 11.3 Å². The van der Waals surface area contributed by atoms with E-state index in [2.05, 4.69) is 9.71 Å². The molecule has 2 aromatic carbocycles. The van der Waals surface area contributed by atoms with E-state index in [1.807, 2.05) is 41.8 Å². The van der Waals surface area contributed by atoms with Gasteiger partial charge in [0.25, 0.3) is 10.0 Å². The number of anilines is 1. The summed E-state index contributed by atoms with van der Waals surface area (Å²) in [4.78, 5) is 16.4. The minimum Gasteiger partial charge on any atom is -0.495 e. The molecule has 0 spiro atoms. The molecule has 2 N–H and O–H groups in total. The van der Waals surface area contributed by atoms with Crippen LogP contribution in [0.25, 0.3) is 21.0 Å². The molecular formula is C21H15FN2O5S3. The van der Waals surface area contributed by atoms with Gasteiger partial charge in [0.2, 0.25) is 0 Å². The molecule has 0 aliphatic heterocycles. The monoisotopic (exact) mass is 490 g/mol. The third kappa shape index (κ3) is 4.35. The van der Waals surface area contributed by atoms with Gasteiger partial charge in [-0.1, -0.05) is 30.3 Å². The highest BCUT2D eigenvalue weighted by atomic mass is 32.2. The van der Waals surface area contributed by atoms with Crippen molar-refractivity contribution in [1.29, 1.82) is 0 Å². The molecule has 0 saturated heterocycles. The average molecular weight is 491 g/mol. The number of thiophene rings is 1. The van der Waals surface area contributed by atoms with Crippen LogP contribution in [0.2, 0.25) is 0 Å². The van der Waals surface area contributed by atoms with Gasteiger partial charge in [0.1, 0.15) is 16.6 Å². The van der Waals surface area contributed by atoms with Crippen LogP contribution in [0, 0.1) is 5.82 Å². The van der Waals surface area contributed by atoms with Crippen molar-refractivity contribution in [2.45, 2.75) is 5.03 Å². The lowest BCUT2D eigenvalue weighted by Crippen LogP contribution is -2.15. The molecule has 2 heterocycles. The molecule has 2 aromatic heterocycles. The zero-order chi connectivity index (χ0) is 22.9. The van der Waals surface area contributed by atoms with Crippen molar-refractivity contribution >= 4 is 44.4 Å². The van der Waals surface area contributed by atoms with E-state index in [1.165, 1.54) is 12.5 Å². The van der Waals surface area contributed by atoms with Crippen molar-refractivity contribution in [3.63, 3.8) is 0 Å². The summed E-state index contributed by atoms with van der Waals surface area (Å²) in [6.45, 7) is 0. The fraction of sp³-hybridized carbons (Fsp3) is 0.0476. The topological polar surface area (TPSA) is 106 Å². The number of halogens is 1. The zero-order valence-electron chi connectivity index (χ0n) is 16.4. The Bertz CT molecular complexity index is 1380. The van der Waals surface area contributed by atoms with Crippen LogP contribution in [0.15, 0.2) is 64.3 Å². The van der Waals surface area contributed by atoms with Gasteiger partial charge in [0.05, 0.1) is 18.4 Å². The second-order valence-corrected chi connectivity index (χ2v) is 9.92. The van der Waals surface area contributed by atoms with Crippen molar-refractivity contribution in [3.05, 3.63) is 70.7 Å². The number of nitrogens with one attached hydrogen (secondary N) is 1. The molecule has 7 nitrogen and oxygen atoms in total. The summed E-state index contributed by atoms with van der Waals surface area (Å²) < 4.78 is 46.9. The lowest BCUT2D eigenvalue weighted by atomic mass is 10.1. The smallest absolute Gasteiger partial charge is 0.338 e. The van der Waals surface area contributed by atoms with E-state index >= 15 is 0 Å². The molecule has 4 aromatic rings. The van der Waals surface area contributed by atoms with Gasteiger partial charge in [-0.2, -0.15) is 8.42 Å². The molecule has 0 saturated carbocycles. The Balaban J connectivity index is 1.60. The number of carboxylic acids is 1.